The van der Waals surface area contributed by atoms with Gasteiger partial charge in [-0.15, -0.1) is 0 Å². The van der Waals surface area contributed by atoms with Crippen LogP contribution in [0.3, 0.4) is 0 Å². The molecule has 0 rings (SSSR count). The summed E-state index contributed by atoms with van der Waals surface area (Å²) in [4.78, 5) is 9.32. The van der Waals surface area contributed by atoms with Crippen molar-refractivity contribution in [1.29, 1.82) is 0 Å². The third-order valence-corrected chi connectivity index (χ3v) is 4.08. The van der Waals surface area contributed by atoms with Gasteiger partial charge in [-0.3, -0.25) is 4.90 Å². The average molecular weight is 346 g/mol. The Morgan fingerprint density at radius 1 is 0.625 bits per heavy atom. The Hall–Kier alpha value is -0.840. The first-order valence-electron chi connectivity index (χ1n) is 8.78. The molecule has 0 radical (unpaired) electrons. The van der Waals surface area contributed by atoms with Gasteiger partial charge in [-0.2, -0.15) is 5.11 Å². The van der Waals surface area contributed by atoms with Gasteiger partial charge in [-0.05, 0) is 21.1 Å². The summed E-state index contributed by atoms with van der Waals surface area (Å²) in [5.41, 5.74) is 11.2. The molecule has 0 atom stereocenters. The fourth-order valence-corrected chi connectivity index (χ4v) is 2.32. The molecule has 0 aromatic heterocycles. The minimum absolute atomic E-state index is 0.644. The van der Waals surface area contributed by atoms with Gasteiger partial charge in [-0.25, -0.2) is 0 Å². The second kappa shape index (κ2) is 15.7. The highest BCUT2D eigenvalue weighted by Crippen LogP contribution is 1.95. The first-order chi connectivity index (χ1) is 11.5. The van der Waals surface area contributed by atoms with E-state index in [4.69, 9.17) is 17.3 Å². The first kappa shape index (κ1) is 23.2. The van der Waals surface area contributed by atoms with Crippen molar-refractivity contribution in [3.63, 3.8) is 0 Å². The number of hydrogen-bond acceptors (Lipinski definition) is 8. The van der Waals surface area contributed by atoms with Crippen LogP contribution in [-0.2, 0) is 0 Å². The Morgan fingerprint density at radius 2 is 1.04 bits per heavy atom. The summed E-state index contributed by atoms with van der Waals surface area (Å²) in [5, 5.41) is 7.10. The van der Waals surface area contributed by atoms with E-state index in [-0.39, 0.29) is 0 Å². The van der Waals surface area contributed by atoms with E-state index in [0.29, 0.717) is 19.6 Å². The van der Waals surface area contributed by atoms with Crippen molar-refractivity contribution in [3.05, 3.63) is 0 Å². The number of likely N-dealkylation sites (N-methyl/N-ethyl adjacent to an activating group) is 3. The van der Waals surface area contributed by atoms with Gasteiger partial charge in [-0.1, -0.05) is 5.22 Å². The molecule has 0 aliphatic carbocycles. The van der Waals surface area contributed by atoms with E-state index in [1.165, 1.54) is 0 Å². The molecule has 0 aliphatic rings. The summed E-state index contributed by atoms with van der Waals surface area (Å²) >= 11 is 0. The van der Waals surface area contributed by atoms with Crippen molar-refractivity contribution in [2.75, 3.05) is 99.7 Å². The van der Waals surface area contributed by atoms with Gasteiger partial charge >= 0.3 is 0 Å². The number of nitrogens with zero attached hydrogens (tertiary/aromatic N) is 6. The smallest absolute Gasteiger partial charge is 0.0747 e. The Bertz CT molecular complexity index is 285. The van der Waals surface area contributed by atoms with Gasteiger partial charge in [0.2, 0.25) is 0 Å². The van der Waals surface area contributed by atoms with Crippen molar-refractivity contribution in [2.24, 2.45) is 27.6 Å². The summed E-state index contributed by atoms with van der Waals surface area (Å²) in [5.74, 6) is 5.03. The van der Waals surface area contributed by atoms with E-state index in [2.05, 4.69) is 51.1 Å². The van der Waals surface area contributed by atoms with Crippen LogP contribution in [-0.4, -0.2) is 119 Å². The predicted molar refractivity (Wildman–Crippen MR) is 101 cm³/mol. The zero-order valence-electron chi connectivity index (χ0n) is 15.9. The Labute approximate surface area is 147 Å². The van der Waals surface area contributed by atoms with Crippen LogP contribution in [0.1, 0.15) is 0 Å². The SMILES string of the molecule is CN(CCN)CCN(CCN(C)CCN)CCN(C)CCN=NN. The van der Waals surface area contributed by atoms with E-state index in [1.807, 2.05) is 0 Å². The third-order valence-electron chi connectivity index (χ3n) is 4.08. The fraction of sp³-hybridized carbons (Fsp3) is 1.00. The second-order valence-corrected chi connectivity index (χ2v) is 6.31. The molecule has 9 heteroatoms. The van der Waals surface area contributed by atoms with Crippen molar-refractivity contribution in [1.82, 2.24) is 19.6 Å². The topological polar surface area (TPSA) is 116 Å². The Morgan fingerprint density at radius 3 is 1.42 bits per heavy atom. The van der Waals surface area contributed by atoms with E-state index in [0.717, 1.165) is 58.9 Å². The largest absolute Gasteiger partial charge is 0.329 e. The summed E-state index contributed by atoms with van der Waals surface area (Å²) in [7, 11) is 6.34. The van der Waals surface area contributed by atoms with E-state index in [1.54, 1.807) is 0 Å². The molecule has 0 saturated carbocycles. The monoisotopic (exact) mass is 345 g/mol. The van der Waals surface area contributed by atoms with E-state index < -0.39 is 0 Å². The van der Waals surface area contributed by atoms with Crippen LogP contribution in [0.4, 0.5) is 0 Å². The highest BCUT2D eigenvalue weighted by atomic mass is 15.3. The van der Waals surface area contributed by atoms with E-state index >= 15 is 0 Å². The maximum Gasteiger partial charge on any atom is 0.0747 e. The van der Waals surface area contributed by atoms with Crippen molar-refractivity contribution >= 4 is 0 Å². The lowest BCUT2D eigenvalue weighted by Gasteiger charge is -2.29. The van der Waals surface area contributed by atoms with Gasteiger partial charge < -0.3 is 32.0 Å². The zero-order valence-corrected chi connectivity index (χ0v) is 15.9. The van der Waals surface area contributed by atoms with Gasteiger partial charge in [0.15, 0.2) is 0 Å². The number of nitrogens with two attached hydrogens (primary N) is 3. The average Bonchev–Trinajstić information content (AvgIpc) is 2.55. The molecule has 9 nitrogen and oxygen atoms in total. The predicted octanol–water partition coefficient (Wildman–Crippen LogP) is -1.67. The normalized spacial score (nSPS) is 12.5. The highest BCUT2D eigenvalue weighted by Gasteiger charge is 2.09. The summed E-state index contributed by atoms with van der Waals surface area (Å²) in [6.45, 7) is 11.0. The minimum Gasteiger partial charge on any atom is -0.329 e. The second-order valence-electron chi connectivity index (χ2n) is 6.31. The molecule has 0 bridgehead atoms. The van der Waals surface area contributed by atoms with Gasteiger partial charge in [0.25, 0.3) is 0 Å². The molecule has 0 aromatic carbocycles. The lowest BCUT2D eigenvalue weighted by atomic mass is 10.3. The first-order valence-corrected chi connectivity index (χ1v) is 8.78. The highest BCUT2D eigenvalue weighted by molar-refractivity contribution is 4.66. The lowest BCUT2D eigenvalue weighted by molar-refractivity contribution is 0.182. The molecule has 0 amide bonds. The van der Waals surface area contributed by atoms with Crippen molar-refractivity contribution in [3.8, 4) is 0 Å². The van der Waals surface area contributed by atoms with Gasteiger partial charge in [0.05, 0.1) is 6.54 Å². The molecule has 0 unspecified atom stereocenters. The molecule has 0 spiro atoms. The molecule has 0 saturated heterocycles. The van der Waals surface area contributed by atoms with Crippen molar-refractivity contribution < 1.29 is 0 Å². The molecule has 6 N–H and O–H groups in total. The molecular formula is C15H39N9. The van der Waals surface area contributed by atoms with Crippen LogP contribution < -0.4 is 17.3 Å². The molecule has 24 heavy (non-hydrogen) atoms. The molecular weight excluding hydrogens is 306 g/mol. The quantitative estimate of drug-likeness (QED) is 0.174. The standard InChI is InChI=1S/C15H39N9/c1-21(7-4-16)10-13-24(14-11-22(2)8-5-17)15-12-23(3)9-6-19-20-18/h4-17H2,1-3H3,(H2,18,19). The zero-order chi connectivity index (χ0) is 18.2. The summed E-state index contributed by atoms with van der Waals surface area (Å²) in [6.07, 6.45) is 0. The maximum atomic E-state index is 5.62. The fourth-order valence-electron chi connectivity index (χ4n) is 2.32. The van der Waals surface area contributed by atoms with E-state index in [9.17, 15) is 0 Å². The van der Waals surface area contributed by atoms with Gasteiger partial charge in [0, 0.05) is 72.0 Å². The van der Waals surface area contributed by atoms with Crippen molar-refractivity contribution in [2.45, 2.75) is 0 Å². The summed E-state index contributed by atoms with van der Waals surface area (Å²) < 4.78 is 0. The van der Waals surface area contributed by atoms with Crippen LogP contribution in [0.25, 0.3) is 0 Å². The number of rotatable bonds is 16. The molecule has 0 aliphatic heterocycles. The minimum atomic E-state index is 0.644. The molecule has 0 aromatic rings. The summed E-state index contributed by atoms with van der Waals surface area (Å²) in [6, 6.07) is 0. The van der Waals surface area contributed by atoms with Crippen LogP contribution >= 0.6 is 0 Å². The maximum absolute atomic E-state index is 5.62. The molecule has 144 valence electrons. The third kappa shape index (κ3) is 13.6. The number of hydrogen-bond donors (Lipinski definition) is 3. The van der Waals surface area contributed by atoms with Crippen LogP contribution in [0.15, 0.2) is 10.3 Å². The van der Waals surface area contributed by atoms with Crippen LogP contribution in [0.5, 0.6) is 0 Å². The van der Waals surface area contributed by atoms with Crippen LogP contribution in [0.2, 0.25) is 0 Å². The Balaban J connectivity index is 4.23. The molecule has 0 fully saturated rings. The van der Waals surface area contributed by atoms with Gasteiger partial charge in [0.1, 0.15) is 0 Å². The molecule has 0 heterocycles. The lowest BCUT2D eigenvalue weighted by Crippen LogP contribution is -2.42. The van der Waals surface area contributed by atoms with Crippen LogP contribution in [0, 0.1) is 0 Å². The Kier molecular flexibility index (Phi) is 15.1.